The number of rotatable bonds is 1. The maximum Gasteiger partial charge on any atom is 0.416 e. The molecule has 21 heavy (non-hydrogen) atoms. The highest BCUT2D eigenvalue weighted by atomic mass is 32.2. The summed E-state index contributed by atoms with van der Waals surface area (Å²) in [5.74, 6) is 0.695. The van der Waals surface area contributed by atoms with E-state index in [0.29, 0.717) is 29.6 Å². The van der Waals surface area contributed by atoms with Crippen LogP contribution < -0.4 is 0 Å². The Morgan fingerprint density at radius 2 is 1.52 bits per heavy atom. The lowest BCUT2D eigenvalue weighted by Gasteiger charge is -2.14. The maximum absolute atomic E-state index is 12.7. The predicted molar refractivity (Wildman–Crippen MR) is 68.6 cm³/mol. The normalized spacial score (nSPS) is 18.6. The number of nitrogens with zero attached hydrogens (tertiary/aromatic N) is 2. The molecule has 116 valence electrons. The van der Waals surface area contributed by atoms with E-state index < -0.39 is 23.5 Å². The zero-order valence-corrected chi connectivity index (χ0v) is 11.5. The van der Waals surface area contributed by atoms with Gasteiger partial charge in [-0.1, -0.05) is 11.8 Å². The minimum absolute atomic E-state index is 0.0925. The molecule has 1 aromatic rings. The molecule has 0 spiro atoms. The minimum Gasteiger partial charge on any atom is -0.353 e. The van der Waals surface area contributed by atoms with Gasteiger partial charge in [0.2, 0.25) is 0 Å². The quantitative estimate of drug-likeness (QED) is 0.711. The number of thioether (sulfide) groups is 1. The smallest absolute Gasteiger partial charge is 0.353 e. The molecule has 0 unspecified atom stereocenters. The third-order valence-corrected chi connectivity index (χ3v) is 3.83. The summed E-state index contributed by atoms with van der Waals surface area (Å²) in [7, 11) is 1.68. The standard InChI is InChI=1S/C12H10F6N2S/c1-20-2-3-21-10(20)19-9-5-7(11(13,14)15)4-8(6-9)12(16,17)18/h4-6H,2-3H2,1H3. The third-order valence-electron chi connectivity index (χ3n) is 2.78. The molecule has 0 aromatic heterocycles. The minimum atomic E-state index is -4.86. The largest absolute Gasteiger partial charge is 0.416 e. The van der Waals surface area contributed by atoms with E-state index in [-0.39, 0.29) is 11.8 Å². The summed E-state index contributed by atoms with van der Waals surface area (Å²) in [6.07, 6.45) is -9.71. The van der Waals surface area contributed by atoms with Gasteiger partial charge in [-0.15, -0.1) is 0 Å². The van der Waals surface area contributed by atoms with E-state index in [0.717, 1.165) is 0 Å². The number of aliphatic imine (C=N–C) groups is 1. The zero-order valence-electron chi connectivity index (χ0n) is 10.7. The van der Waals surface area contributed by atoms with E-state index in [1.165, 1.54) is 11.8 Å². The summed E-state index contributed by atoms with van der Waals surface area (Å²) in [4.78, 5) is 5.57. The fourth-order valence-corrected chi connectivity index (χ4v) is 2.74. The van der Waals surface area contributed by atoms with Crippen LogP contribution in [0.4, 0.5) is 32.0 Å². The number of hydrogen-bond acceptors (Lipinski definition) is 2. The fourth-order valence-electron chi connectivity index (χ4n) is 1.71. The Hall–Kier alpha value is -1.38. The van der Waals surface area contributed by atoms with Crippen molar-refractivity contribution in [3.63, 3.8) is 0 Å². The zero-order chi connectivity index (χ0) is 15.8. The van der Waals surface area contributed by atoms with Crippen LogP contribution in [0.1, 0.15) is 11.1 Å². The second kappa shape index (κ2) is 5.43. The Kier molecular flexibility index (Phi) is 4.14. The van der Waals surface area contributed by atoms with Gasteiger partial charge in [-0.2, -0.15) is 26.3 Å². The van der Waals surface area contributed by atoms with E-state index >= 15 is 0 Å². The maximum atomic E-state index is 12.7. The van der Waals surface area contributed by atoms with Gasteiger partial charge < -0.3 is 4.90 Å². The van der Waals surface area contributed by atoms with Crippen molar-refractivity contribution in [3.8, 4) is 0 Å². The number of benzene rings is 1. The molecule has 0 bridgehead atoms. The fraction of sp³-hybridized carbons (Fsp3) is 0.417. The molecule has 0 aliphatic carbocycles. The molecule has 0 amide bonds. The van der Waals surface area contributed by atoms with Crippen molar-refractivity contribution in [1.29, 1.82) is 0 Å². The molecule has 9 heteroatoms. The summed E-state index contributed by atoms with van der Waals surface area (Å²) in [6, 6.07) is 1.33. The summed E-state index contributed by atoms with van der Waals surface area (Å²) in [6.45, 7) is 0.647. The predicted octanol–water partition coefficient (Wildman–Crippen LogP) is 4.39. The average Bonchev–Trinajstić information content (AvgIpc) is 2.72. The Balaban J connectivity index is 2.50. The average molecular weight is 328 g/mol. The molecule has 0 saturated carbocycles. The summed E-state index contributed by atoms with van der Waals surface area (Å²) in [5.41, 5.74) is -3.07. The van der Waals surface area contributed by atoms with Crippen LogP contribution in [-0.2, 0) is 12.4 Å². The van der Waals surface area contributed by atoms with Gasteiger partial charge in [-0.05, 0) is 18.2 Å². The van der Waals surface area contributed by atoms with Crippen LogP contribution in [0.25, 0.3) is 0 Å². The first kappa shape index (κ1) is 16.0. The molecule has 1 aliphatic rings. The van der Waals surface area contributed by atoms with Gasteiger partial charge in [0, 0.05) is 19.3 Å². The SMILES string of the molecule is CN1CCSC1=Nc1cc(C(F)(F)F)cc(C(F)(F)F)c1. The van der Waals surface area contributed by atoms with Crippen molar-refractivity contribution in [2.75, 3.05) is 19.3 Å². The highest BCUT2D eigenvalue weighted by Gasteiger charge is 2.37. The van der Waals surface area contributed by atoms with Crippen molar-refractivity contribution in [2.24, 2.45) is 4.99 Å². The monoisotopic (exact) mass is 328 g/mol. The Morgan fingerprint density at radius 3 is 1.90 bits per heavy atom. The molecule has 1 fully saturated rings. The second-order valence-electron chi connectivity index (χ2n) is 4.43. The number of alkyl halides is 6. The van der Waals surface area contributed by atoms with Gasteiger partial charge in [0.15, 0.2) is 5.17 Å². The van der Waals surface area contributed by atoms with Crippen molar-refractivity contribution < 1.29 is 26.3 Å². The van der Waals surface area contributed by atoms with Crippen LogP contribution in [0, 0.1) is 0 Å². The highest BCUT2D eigenvalue weighted by molar-refractivity contribution is 8.14. The molecular weight excluding hydrogens is 318 g/mol. The van der Waals surface area contributed by atoms with E-state index in [4.69, 9.17) is 0 Å². The van der Waals surface area contributed by atoms with E-state index in [1.54, 1.807) is 11.9 Å². The van der Waals surface area contributed by atoms with Gasteiger partial charge in [0.25, 0.3) is 0 Å². The lowest BCUT2D eigenvalue weighted by Crippen LogP contribution is -2.18. The molecule has 1 heterocycles. The number of hydrogen-bond donors (Lipinski definition) is 0. The van der Waals surface area contributed by atoms with E-state index in [1.807, 2.05) is 0 Å². The third kappa shape index (κ3) is 3.84. The molecule has 1 aliphatic heterocycles. The van der Waals surface area contributed by atoms with Crippen molar-refractivity contribution in [2.45, 2.75) is 12.4 Å². The topological polar surface area (TPSA) is 15.6 Å². The van der Waals surface area contributed by atoms with Gasteiger partial charge in [-0.3, -0.25) is 0 Å². The molecule has 0 N–H and O–H groups in total. The molecule has 2 nitrogen and oxygen atoms in total. The van der Waals surface area contributed by atoms with Crippen LogP contribution >= 0.6 is 11.8 Å². The first-order valence-corrected chi connectivity index (χ1v) is 6.78. The van der Waals surface area contributed by atoms with E-state index in [2.05, 4.69) is 4.99 Å². The molecular formula is C12H10F6N2S. The van der Waals surface area contributed by atoms with Crippen LogP contribution in [0.15, 0.2) is 23.2 Å². The van der Waals surface area contributed by atoms with Gasteiger partial charge >= 0.3 is 12.4 Å². The highest BCUT2D eigenvalue weighted by Crippen LogP contribution is 2.38. The summed E-state index contributed by atoms with van der Waals surface area (Å²) in [5, 5.41) is 0.405. The number of halogens is 6. The van der Waals surface area contributed by atoms with Crippen molar-refractivity contribution in [1.82, 2.24) is 4.90 Å². The van der Waals surface area contributed by atoms with Crippen molar-refractivity contribution in [3.05, 3.63) is 29.3 Å². The summed E-state index contributed by atoms with van der Waals surface area (Å²) >= 11 is 1.29. The molecule has 0 radical (unpaired) electrons. The van der Waals surface area contributed by atoms with Crippen LogP contribution in [0.5, 0.6) is 0 Å². The van der Waals surface area contributed by atoms with E-state index in [9.17, 15) is 26.3 Å². The van der Waals surface area contributed by atoms with Crippen molar-refractivity contribution >= 4 is 22.6 Å². The summed E-state index contributed by atoms with van der Waals surface area (Å²) < 4.78 is 76.2. The Bertz CT molecular complexity index is 532. The lowest BCUT2D eigenvalue weighted by molar-refractivity contribution is -0.143. The Labute approximate surface area is 120 Å². The van der Waals surface area contributed by atoms with Gasteiger partial charge in [0.1, 0.15) is 0 Å². The number of amidine groups is 1. The molecule has 1 saturated heterocycles. The van der Waals surface area contributed by atoms with Crippen LogP contribution in [0.2, 0.25) is 0 Å². The second-order valence-corrected chi connectivity index (χ2v) is 5.49. The first-order valence-electron chi connectivity index (χ1n) is 5.79. The lowest BCUT2D eigenvalue weighted by atomic mass is 10.1. The molecule has 0 atom stereocenters. The molecule has 2 rings (SSSR count). The first-order chi connectivity index (χ1) is 9.57. The van der Waals surface area contributed by atoms with Gasteiger partial charge in [0.05, 0.1) is 16.8 Å². The molecule has 1 aromatic carbocycles. The Morgan fingerprint density at radius 1 is 1.00 bits per heavy atom. The van der Waals surface area contributed by atoms with Crippen LogP contribution in [-0.4, -0.2) is 29.4 Å². The van der Waals surface area contributed by atoms with Crippen LogP contribution in [0.3, 0.4) is 0 Å². The van der Waals surface area contributed by atoms with Gasteiger partial charge in [-0.25, -0.2) is 4.99 Å².